The van der Waals surface area contributed by atoms with Crippen LogP contribution in [0.25, 0.3) is 56.3 Å². The first-order chi connectivity index (χ1) is 44.5. The standard InChI is InChI=1S/C17H22N.4C16H20N/c1-12(2)16-11-18(5)17(10-14(16)4)15-9-7-6-8-13(15)3;2*1-5-14-10-16(17(4)11-13(14)3)15-9-7-6-8-12(15)2;2*1-5-14-11-17(4)16(10-13(14)3)15-9-7-6-8-12(15)2/h6-12H,1-5H3;4*6-11H,5H2,1-4H3/q5*+1/i1D3,12D;3D3,5D2;;;. The van der Waals surface area contributed by atoms with Crippen molar-refractivity contribution < 1.29 is 35.2 Å². The first-order valence-corrected chi connectivity index (χ1v) is 30.3. The Morgan fingerprint density at radius 1 is 0.337 bits per heavy atom. The Bertz CT molecular complexity index is 4210. The monoisotopic (exact) mass is 1150 g/mol. The van der Waals surface area contributed by atoms with Gasteiger partial charge in [-0.15, -0.1) is 0 Å². The Hall–Kier alpha value is -8.15. The summed E-state index contributed by atoms with van der Waals surface area (Å²) in [5.74, 6) is -1.63. The van der Waals surface area contributed by atoms with Gasteiger partial charge in [-0.1, -0.05) is 132 Å². The van der Waals surface area contributed by atoms with Crippen LogP contribution in [0, 0.1) is 69.2 Å². The van der Waals surface area contributed by atoms with Crippen molar-refractivity contribution in [3.8, 4) is 56.3 Å². The van der Waals surface area contributed by atoms with Crippen molar-refractivity contribution in [2.45, 2.75) is 142 Å². The summed E-state index contributed by atoms with van der Waals surface area (Å²) in [5, 5.41) is 0. The molecule has 0 aliphatic heterocycles. The van der Waals surface area contributed by atoms with Gasteiger partial charge in [0.1, 0.15) is 35.2 Å². The predicted molar refractivity (Wildman–Crippen MR) is 364 cm³/mol. The van der Waals surface area contributed by atoms with Crippen LogP contribution in [-0.2, 0) is 60.9 Å². The summed E-state index contributed by atoms with van der Waals surface area (Å²) in [7, 11) is 10.0. The number of rotatable bonds is 10. The second kappa shape index (κ2) is 31.3. The number of benzene rings is 5. The number of nitrogens with zero attached hydrogens (tertiary/aromatic N) is 5. The van der Waals surface area contributed by atoms with Crippen LogP contribution in [0.15, 0.2) is 183 Å². The summed E-state index contributed by atoms with van der Waals surface area (Å²) in [5.41, 5.74) is 28.0. The van der Waals surface area contributed by atoms with Gasteiger partial charge in [0.2, 0.25) is 28.5 Å². The zero-order valence-corrected chi connectivity index (χ0v) is 55.2. The highest BCUT2D eigenvalue weighted by molar-refractivity contribution is 5.65. The molecule has 0 amide bonds. The summed E-state index contributed by atoms with van der Waals surface area (Å²) in [6.07, 6.45) is 11.6. The zero-order chi connectivity index (χ0) is 70.7. The molecule has 86 heavy (non-hydrogen) atoms. The van der Waals surface area contributed by atoms with Crippen molar-refractivity contribution in [1.82, 2.24) is 0 Å². The molecule has 1 unspecified atom stereocenters. The molecule has 1 atom stereocenters. The molecule has 10 aromatic rings. The van der Waals surface area contributed by atoms with Gasteiger partial charge in [0.05, 0.1) is 0 Å². The second-order valence-corrected chi connectivity index (χ2v) is 22.9. The number of aromatic nitrogens is 5. The average Bonchev–Trinajstić information content (AvgIpc) is 0.780. The molecule has 5 nitrogen and oxygen atoms in total. The highest BCUT2D eigenvalue weighted by Crippen LogP contribution is 2.28. The first-order valence-electron chi connectivity index (χ1n) is 34.8. The maximum Gasteiger partial charge on any atom is 0.212 e. The van der Waals surface area contributed by atoms with E-state index in [1.165, 1.54) is 104 Å². The maximum absolute atomic E-state index is 8.30. The van der Waals surface area contributed by atoms with Crippen LogP contribution in [-0.4, -0.2) is 0 Å². The van der Waals surface area contributed by atoms with E-state index in [2.05, 4.69) is 220 Å². The summed E-state index contributed by atoms with van der Waals surface area (Å²) in [6, 6.07) is 52.1. The van der Waals surface area contributed by atoms with E-state index < -0.39 is 26.0 Å². The van der Waals surface area contributed by atoms with Gasteiger partial charge in [-0.2, -0.15) is 0 Å². The molecule has 0 spiro atoms. The van der Waals surface area contributed by atoms with Crippen molar-refractivity contribution in [2.75, 3.05) is 0 Å². The van der Waals surface area contributed by atoms with Crippen LogP contribution >= 0.6 is 0 Å². The lowest BCUT2D eigenvalue weighted by Crippen LogP contribution is -2.32. The van der Waals surface area contributed by atoms with Gasteiger partial charge in [0.15, 0.2) is 31.0 Å². The molecule has 0 aliphatic rings. The molecule has 0 saturated heterocycles. The van der Waals surface area contributed by atoms with Crippen molar-refractivity contribution in [3.05, 3.63) is 266 Å². The Balaban J connectivity index is 0.000000189. The zero-order valence-electron chi connectivity index (χ0n) is 64.2. The molecule has 5 aromatic carbocycles. The van der Waals surface area contributed by atoms with Gasteiger partial charge in [0.25, 0.3) is 0 Å². The minimum atomic E-state index is -2.37. The van der Waals surface area contributed by atoms with Gasteiger partial charge >= 0.3 is 0 Å². The number of aryl methyl sites for hydroxylation is 19. The number of hydrogen-bond donors (Lipinski definition) is 0. The van der Waals surface area contributed by atoms with Crippen molar-refractivity contribution >= 4 is 0 Å². The molecule has 0 saturated carbocycles. The third kappa shape index (κ3) is 16.8. The smallest absolute Gasteiger partial charge is 0.201 e. The fraction of sp³-hybridized carbons (Fsp3) is 0.321. The van der Waals surface area contributed by atoms with Crippen LogP contribution in [0.1, 0.15) is 143 Å². The lowest BCUT2D eigenvalue weighted by atomic mass is 9.97. The van der Waals surface area contributed by atoms with Crippen LogP contribution in [0.2, 0.25) is 0 Å². The third-order valence-electron chi connectivity index (χ3n) is 16.4. The quantitative estimate of drug-likeness (QED) is 0.122. The molecule has 0 radical (unpaired) electrons. The van der Waals surface area contributed by atoms with Gasteiger partial charge in [-0.05, 0) is 187 Å². The van der Waals surface area contributed by atoms with Crippen molar-refractivity contribution in [2.24, 2.45) is 35.2 Å². The Morgan fingerprint density at radius 2 is 0.628 bits per heavy atom. The third-order valence-corrected chi connectivity index (χ3v) is 16.4. The second-order valence-electron chi connectivity index (χ2n) is 22.9. The van der Waals surface area contributed by atoms with Crippen LogP contribution in [0.5, 0.6) is 0 Å². The van der Waals surface area contributed by atoms with E-state index in [-0.39, 0.29) is 11.1 Å². The molecule has 0 bridgehead atoms. The Kier molecular flexibility index (Phi) is 19.8. The van der Waals surface area contributed by atoms with E-state index >= 15 is 0 Å². The molecule has 0 N–H and O–H groups in total. The fourth-order valence-corrected chi connectivity index (χ4v) is 11.2. The molecule has 10 rings (SSSR count). The van der Waals surface area contributed by atoms with Gasteiger partial charge in [-0.3, -0.25) is 0 Å². The normalized spacial score (nSPS) is 13.4. The Morgan fingerprint density at radius 3 is 0.942 bits per heavy atom. The van der Waals surface area contributed by atoms with Crippen molar-refractivity contribution in [1.29, 1.82) is 0 Å². The maximum atomic E-state index is 8.30. The van der Waals surface area contributed by atoms with E-state index in [1.54, 1.807) is 23.9 Å². The Labute approximate surface area is 532 Å². The molecule has 0 aliphatic carbocycles. The molecule has 5 heterocycles. The number of pyridine rings is 5. The summed E-state index contributed by atoms with van der Waals surface area (Å²) >= 11 is 0. The molecule has 0 fully saturated rings. The topological polar surface area (TPSA) is 19.4 Å². The van der Waals surface area contributed by atoms with E-state index in [1.807, 2.05) is 74.0 Å². The van der Waals surface area contributed by atoms with Crippen LogP contribution in [0.4, 0.5) is 0 Å². The van der Waals surface area contributed by atoms with Gasteiger partial charge < -0.3 is 0 Å². The predicted octanol–water partition coefficient (Wildman–Crippen LogP) is 17.3. The summed E-state index contributed by atoms with van der Waals surface area (Å²) in [4.78, 5) is 0. The van der Waals surface area contributed by atoms with E-state index in [0.29, 0.717) is 5.56 Å². The molecular formula is C81H102N5+5. The highest BCUT2D eigenvalue weighted by atomic mass is 14.9. The largest absolute Gasteiger partial charge is 0.212 e. The molecular weight excluding hydrogens is 1040 g/mol. The van der Waals surface area contributed by atoms with Crippen LogP contribution in [0.3, 0.4) is 0 Å². The van der Waals surface area contributed by atoms with E-state index in [4.69, 9.17) is 12.3 Å². The minimum absolute atomic E-state index is 0.0554. The number of hydrogen-bond acceptors (Lipinski definition) is 0. The lowest BCUT2D eigenvalue weighted by Gasteiger charge is -2.11. The molecule has 5 heteroatoms. The summed E-state index contributed by atoms with van der Waals surface area (Å²) < 4.78 is 80.5. The minimum Gasteiger partial charge on any atom is -0.201 e. The first kappa shape index (κ1) is 54.5. The van der Waals surface area contributed by atoms with Crippen molar-refractivity contribution in [3.63, 3.8) is 0 Å². The van der Waals surface area contributed by atoms with Gasteiger partial charge in [0, 0.05) is 98.3 Å². The van der Waals surface area contributed by atoms with Gasteiger partial charge in [-0.25, -0.2) is 22.8 Å². The SMILES string of the molecule is CCc1c[n+](C)c(-c2ccccc2C)cc1C.CCc1c[n+](C)c(-c2ccccc2C)cc1C.CCc1cc(-c2ccccc2C)[n+](C)cc1C.[2H]C([2H])([2H])C([2H])(C)c1c[n+](C)c(-c2ccccc2C)cc1C.[2H]C([2H])([2H])c1c[n+](C)c(-c2ccccc2C)cc1C([2H])([2H])C. The summed E-state index contributed by atoms with van der Waals surface area (Å²) in [6.45, 7) is 23.7. The van der Waals surface area contributed by atoms with E-state index in [9.17, 15) is 0 Å². The van der Waals surface area contributed by atoms with E-state index in [0.717, 1.165) is 58.5 Å². The average molecular weight is 1150 g/mol. The highest BCUT2D eigenvalue weighted by Gasteiger charge is 2.20. The van der Waals surface area contributed by atoms with Crippen LogP contribution < -0.4 is 22.8 Å². The molecule has 446 valence electrons. The molecule has 5 aromatic heterocycles. The lowest BCUT2D eigenvalue weighted by molar-refractivity contribution is -0.661. The fourth-order valence-electron chi connectivity index (χ4n) is 11.2.